The third kappa shape index (κ3) is 4.32. The van der Waals surface area contributed by atoms with E-state index in [9.17, 15) is 0 Å². The Morgan fingerprint density at radius 1 is 0.582 bits per heavy atom. The number of hydrogen-bond donors (Lipinski definition) is 0. The lowest BCUT2D eigenvalue weighted by molar-refractivity contribution is -0.00938. The fourth-order valence-corrected chi connectivity index (χ4v) is 12.7. The third-order valence-corrected chi connectivity index (χ3v) is 14.5. The summed E-state index contributed by atoms with van der Waals surface area (Å²) in [6.07, 6.45) is 7.78. The molecule has 10 aromatic rings. The molecule has 6 aromatic carbocycles. The van der Waals surface area contributed by atoms with E-state index >= 15 is 0 Å². The molecule has 0 spiro atoms. The Labute approximate surface area is 321 Å². The molecule has 4 heterocycles. The fourth-order valence-electron chi connectivity index (χ4n) is 11.5. The quantitative estimate of drug-likeness (QED) is 0.181. The van der Waals surface area contributed by atoms with Gasteiger partial charge in [0.2, 0.25) is 0 Å². The second kappa shape index (κ2) is 11.1. The molecule has 0 N–H and O–H groups in total. The number of furan rings is 1. The zero-order valence-electron chi connectivity index (χ0n) is 30.2. The molecule has 0 amide bonds. The van der Waals surface area contributed by atoms with Gasteiger partial charge in [0.05, 0.1) is 21.1 Å². The molecule has 6 heteroatoms. The fraction of sp³-hybridized carbons (Fsp3) is 0.204. The molecule has 4 aromatic heterocycles. The van der Waals surface area contributed by atoms with Crippen LogP contribution in [0.2, 0.25) is 0 Å². The van der Waals surface area contributed by atoms with E-state index in [1.54, 1.807) is 0 Å². The average molecular weight is 729 g/mol. The van der Waals surface area contributed by atoms with Gasteiger partial charge in [-0.1, -0.05) is 97.1 Å². The first-order valence-corrected chi connectivity index (χ1v) is 20.6. The van der Waals surface area contributed by atoms with Crippen LogP contribution in [-0.2, 0) is 5.41 Å². The van der Waals surface area contributed by atoms with E-state index in [0.717, 1.165) is 74.0 Å². The molecule has 0 saturated heterocycles. The second-order valence-electron chi connectivity index (χ2n) is 16.6. The van der Waals surface area contributed by atoms with Crippen molar-refractivity contribution in [2.24, 2.45) is 17.8 Å². The van der Waals surface area contributed by atoms with Crippen LogP contribution in [0.5, 0.6) is 0 Å². The lowest BCUT2D eigenvalue weighted by Gasteiger charge is -2.56. The Balaban J connectivity index is 1.09. The van der Waals surface area contributed by atoms with Gasteiger partial charge in [-0.3, -0.25) is 0 Å². The van der Waals surface area contributed by atoms with Crippen molar-refractivity contribution in [3.05, 3.63) is 133 Å². The largest absolute Gasteiger partial charge is 0.454 e. The minimum Gasteiger partial charge on any atom is -0.454 e. The summed E-state index contributed by atoms with van der Waals surface area (Å²) in [5, 5.41) is 7.32. The summed E-state index contributed by atoms with van der Waals surface area (Å²) >= 11 is 1.83. The van der Waals surface area contributed by atoms with Crippen LogP contribution in [0.15, 0.2) is 132 Å². The molecule has 264 valence electrons. The summed E-state index contributed by atoms with van der Waals surface area (Å²) in [5.74, 6) is 4.94. The predicted octanol–water partition coefficient (Wildman–Crippen LogP) is 13.0. The van der Waals surface area contributed by atoms with Crippen molar-refractivity contribution in [2.75, 3.05) is 0 Å². The molecule has 0 unspecified atom stereocenters. The van der Waals surface area contributed by atoms with Crippen LogP contribution in [0.4, 0.5) is 0 Å². The SMILES string of the molecule is c1ccc(-c2nc(-c3cccc(-n4c5ccccc5c5c6c7ccccc7sc6c6oc7ccccc7c6c54)c3)nc(C34CC5CC(CC(C5)C3)C4)n2)cc1. The standard InChI is InChI=1S/C49H36N4OS/c1-2-11-31(12-3-1)46-50-47(52-48(51-46)49-25-28-21-29(26-49)23-30(22-28)27-49)32-13-10-14-33(24-32)53-37-18-7-4-15-34(37)40-41-36-17-6-9-20-39(36)55-45(41)44-42(43(40)53)35-16-5-8-19-38(35)54-44/h1-20,24,28-30H,21-23,25-27H2. The van der Waals surface area contributed by atoms with Gasteiger partial charge in [-0.15, -0.1) is 11.3 Å². The highest BCUT2D eigenvalue weighted by Crippen LogP contribution is 2.60. The van der Waals surface area contributed by atoms with Gasteiger partial charge in [-0.2, -0.15) is 0 Å². The average Bonchev–Trinajstić information content (AvgIpc) is 3.91. The number of nitrogens with zero attached hydrogens (tertiary/aromatic N) is 4. The van der Waals surface area contributed by atoms with Crippen molar-refractivity contribution in [1.29, 1.82) is 0 Å². The molecule has 0 atom stereocenters. The number of para-hydroxylation sites is 2. The van der Waals surface area contributed by atoms with E-state index in [0.29, 0.717) is 0 Å². The van der Waals surface area contributed by atoms with Crippen molar-refractivity contribution >= 4 is 75.3 Å². The summed E-state index contributed by atoms with van der Waals surface area (Å²) in [6, 6.07) is 45.5. The van der Waals surface area contributed by atoms with Crippen LogP contribution in [-0.4, -0.2) is 19.5 Å². The number of hydrogen-bond acceptors (Lipinski definition) is 5. The first-order chi connectivity index (χ1) is 27.2. The molecule has 4 fully saturated rings. The first-order valence-electron chi connectivity index (χ1n) is 19.8. The summed E-state index contributed by atoms with van der Waals surface area (Å²) in [4.78, 5) is 16.1. The summed E-state index contributed by atoms with van der Waals surface area (Å²) < 4.78 is 11.8. The minimum absolute atomic E-state index is 0.0447. The van der Waals surface area contributed by atoms with Gasteiger partial charge in [-0.05, 0) is 86.6 Å². The van der Waals surface area contributed by atoms with Gasteiger partial charge < -0.3 is 8.98 Å². The zero-order chi connectivity index (χ0) is 35.8. The van der Waals surface area contributed by atoms with Crippen LogP contribution in [0.1, 0.15) is 44.3 Å². The Morgan fingerprint density at radius 3 is 2.04 bits per heavy atom. The molecule has 0 radical (unpaired) electrons. The summed E-state index contributed by atoms with van der Waals surface area (Å²) in [5.41, 5.74) is 7.36. The Bertz CT molecular complexity index is 3170. The number of fused-ring (bicyclic) bond motifs is 12. The molecular weight excluding hydrogens is 693 g/mol. The molecular formula is C49H36N4OS. The van der Waals surface area contributed by atoms with Gasteiger partial charge >= 0.3 is 0 Å². The van der Waals surface area contributed by atoms with Crippen LogP contribution < -0.4 is 0 Å². The molecule has 4 bridgehead atoms. The smallest absolute Gasteiger partial charge is 0.163 e. The van der Waals surface area contributed by atoms with Crippen LogP contribution in [0.25, 0.3) is 92.4 Å². The highest BCUT2D eigenvalue weighted by Gasteiger charge is 2.53. The molecule has 4 saturated carbocycles. The second-order valence-corrected chi connectivity index (χ2v) is 17.7. The molecule has 55 heavy (non-hydrogen) atoms. The first kappa shape index (κ1) is 30.5. The molecule has 4 aliphatic carbocycles. The minimum atomic E-state index is 0.0447. The van der Waals surface area contributed by atoms with Crippen LogP contribution >= 0.6 is 11.3 Å². The van der Waals surface area contributed by atoms with E-state index in [4.69, 9.17) is 19.4 Å². The van der Waals surface area contributed by atoms with Gasteiger partial charge in [0.15, 0.2) is 17.2 Å². The highest BCUT2D eigenvalue weighted by atomic mass is 32.1. The van der Waals surface area contributed by atoms with Crippen LogP contribution in [0.3, 0.4) is 0 Å². The van der Waals surface area contributed by atoms with Crippen molar-refractivity contribution in [1.82, 2.24) is 19.5 Å². The zero-order valence-corrected chi connectivity index (χ0v) is 31.0. The number of thiophene rings is 1. The Kier molecular flexibility index (Phi) is 6.16. The highest BCUT2D eigenvalue weighted by molar-refractivity contribution is 7.27. The van der Waals surface area contributed by atoms with Crippen molar-refractivity contribution < 1.29 is 4.42 Å². The van der Waals surface area contributed by atoms with Crippen molar-refractivity contribution in [3.8, 4) is 28.5 Å². The Hall–Kier alpha value is -5.85. The maximum atomic E-state index is 6.82. The maximum Gasteiger partial charge on any atom is 0.163 e. The summed E-state index contributed by atoms with van der Waals surface area (Å²) in [7, 11) is 0. The van der Waals surface area contributed by atoms with E-state index < -0.39 is 0 Å². The monoisotopic (exact) mass is 728 g/mol. The van der Waals surface area contributed by atoms with E-state index in [-0.39, 0.29) is 5.41 Å². The maximum absolute atomic E-state index is 6.82. The van der Waals surface area contributed by atoms with Gasteiger partial charge in [-0.25, -0.2) is 15.0 Å². The van der Waals surface area contributed by atoms with E-state index in [1.165, 1.54) is 80.5 Å². The molecule has 5 nitrogen and oxygen atoms in total. The van der Waals surface area contributed by atoms with Crippen molar-refractivity contribution in [2.45, 2.75) is 43.9 Å². The van der Waals surface area contributed by atoms with E-state index in [2.05, 4.69) is 132 Å². The number of aromatic nitrogens is 4. The molecule has 4 aliphatic rings. The predicted molar refractivity (Wildman–Crippen MR) is 225 cm³/mol. The van der Waals surface area contributed by atoms with Gasteiger partial charge in [0.1, 0.15) is 11.4 Å². The number of benzene rings is 6. The van der Waals surface area contributed by atoms with Crippen LogP contribution in [0, 0.1) is 17.8 Å². The number of rotatable bonds is 4. The third-order valence-electron chi connectivity index (χ3n) is 13.3. The molecule has 14 rings (SSSR count). The lowest BCUT2D eigenvalue weighted by Crippen LogP contribution is -2.49. The normalized spacial score (nSPS) is 22.0. The van der Waals surface area contributed by atoms with Gasteiger partial charge in [0.25, 0.3) is 0 Å². The van der Waals surface area contributed by atoms with Gasteiger partial charge in [0, 0.05) is 53.9 Å². The Morgan fingerprint density at radius 2 is 1.24 bits per heavy atom. The lowest BCUT2D eigenvalue weighted by atomic mass is 9.49. The summed E-state index contributed by atoms with van der Waals surface area (Å²) in [6.45, 7) is 0. The topological polar surface area (TPSA) is 56.7 Å². The van der Waals surface area contributed by atoms with Crippen molar-refractivity contribution in [3.63, 3.8) is 0 Å². The van der Waals surface area contributed by atoms with E-state index in [1.807, 2.05) is 11.3 Å². The molecule has 0 aliphatic heterocycles.